The molecule has 0 N–H and O–H groups in total. The van der Waals surface area contributed by atoms with Crippen LogP contribution in [0.15, 0.2) is 79.8 Å². The number of benzene rings is 1. The molecule has 224 valence electrons. The predicted molar refractivity (Wildman–Crippen MR) is 143 cm³/mol. The summed E-state index contributed by atoms with van der Waals surface area (Å²) >= 11 is 6.06. The fraction of sp³-hybridized carbons (Fsp3) is 0.148. The Kier molecular flexibility index (Phi) is 7.59. The summed E-state index contributed by atoms with van der Waals surface area (Å²) in [6.45, 7) is -2.91. The van der Waals surface area contributed by atoms with E-state index < -0.39 is 30.3 Å². The summed E-state index contributed by atoms with van der Waals surface area (Å²) < 4.78 is 85.6. The van der Waals surface area contributed by atoms with Crippen molar-refractivity contribution in [2.45, 2.75) is 25.2 Å². The van der Waals surface area contributed by atoms with Crippen LogP contribution in [0.2, 0.25) is 5.02 Å². The molecule has 0 amide bonds. The first kappa shape index (κ1) is 29.0. The Morgan fingerprint density at radius 2 is 1.75 bits per heavy atom. The summed E-state index contributed by atoms with van der Waals surface area (Å²) in [5.41, 5.74) is 0.555. The van der Waals surface area contributed by atoms with Crippen LogP contribution in [0.5, 0.6) is 0 Å². The molecular formula is C27H17ClF6N10. The van der Waals surface area contributed by atoms with Crippen LogP contribution in [0, 0.1) is 5.82 Å². The van der Waals surface area contributed by atoms with Gasteiger partial charge in [0.05, 0.1) is 34.3 Å². The molecule has 0 fully saturated rings. The molecule has 0 radical (unpaired) electrons. The van der Waals surface area contributed by atoms with E-state index in [2.05, 4.69) is 35.7 Å². The highest BCUT2D eigenvalue weighted by Crippen LogP contribution is 2.35. The lowest BCUT2D eigenvalue weighted by Crippen LogP contribution is -2.16. The number of rotatable bonds is 8. The highest BCUT2D eigenvalue weighted by molar-refractivity contribution is 6.31. The number of hydrogen-bond acceptors (Lipinski definition) is 7. The molecule has 6 aromatic rings. The fourth-order valence-electron chi connectivity index (χ4n) is 4.68. The molecule has 44 heavy (non-hydrogen) atoms. The first-order chi connectivity index (χ1) is 21.1. The Bertz CT molecular complexity index is 1900. The van der Waals surface area contributed by atoms with E-state index in [1.165, 1.54) is 64.7 Å². The van der Waals surface area contributed by atoms with Crippen molar-refractivity contribution in [1.82, 2.24) is 49.7 Å². The monoisotopic (exact) mass is 630 g/mol. The van der Waals surface area contributed by atoms with Crippen LogP contribution < -0.4 is 0 Å². The van der Waals surface area contributed by atoms with Gasteiger partial charge in [-0.05, 0) is 52.4 Å². The third-order valence-corrected chi connectivity index (χ3v) is 6.99. The average molecular weight is 631 g/mol. The molecule has 6 rings (SSSR count). The molecule has 0 saturated heterocycles. The number of halogens is 7. The maximum absolute atomic E-state index is 15.3. The summed E-state index contributed by atoms with van der Waals surface area (Å²) in [6, 6.07) is 8.91. The molecule has 1 atom stereocenters. The molecule has 0 bridgehead atoms. The topological polar surface area (TPSA) is 105 Å². The molecule has 5 heterocycles. The number of aromatic nitrogens is 10. The Labute approximate surface area is 248 Å². The van der Waals surface area contributed by atoms with Crippen LogP contribution in [0.25, 0.3) is 28.1 Å². The number of pyridine rings is 2. The van der Waals surface area contributed by atoms with E-state index in [9.17, 15) is 22.0 Å². The predicted octanol–water partition coefficient (Wildman–Crippen LogP) is 6.22. The van der Waals surface area contributed by atoms with Crippen molar-refractivity contribution >= 4 is 11.6 Å². The van der Waals surface area contributed by atoms with Crippen molar-refractivity contribution in [3.05, 3.63) is 108 Å². The highest BCUT2D eigenvalue weighted by atomic mass is 35.5. The Morgan fingerprint density at radius 3 is 2.45 bits per heavy atom. The van der Waals surface area contributed by atoms with Gasteiger partial charge in [-0.2, -0.15) is 36.8 Å². The van der Waals surface area contributed by atoms with Gasteiger partial charge in [-0.15, -0.1) is 5.10 Å². The average Bonchev–Trinajstić information content (AvgIpc) is 3.79. The minimum atomic E-state index is -4.67. The van der Waals surface area contributed by atoms with Crippen LogP contribution in [0.4, 0.5) is 26.3 Å². The largest absolute Gasteiger partial charge is 0.433 e. The third kappa shape index (κ3) is 5.62. The smallest absolute Gasteiger partial charge is 0.263 e. The van der Waals surface area contributed by atoms with Gasteiger partial charge in [0.15, 0.2) is 5.82 Å². The first-order valence-corrected chi connectivity index (χ1v) is 13.0. The molecule has 10 nitrogen and oxygen atoms in total. The zero-order valence-corrected chi connectivity index (χ0v) is 22.7. The molecular weight excluding hydrogens is 614 g/mol. The molecule has 0 unspecified atom stereocenters. The van der Waals surface area contributed by atoms with Gasteiger partial charge in [-0.3, -0.25) is 14.6 Å². The maximum Gasteiger partial charge on any atom is 0.433 e. The van der Waals surface area contributed by atoms with Crippen LogP contribution in [0.1, 0.15) is 29.5 Å². The molecule has 0 aliphatic carbocycles. The van der Waals surface area contributed by atoms with Crippen molar-refractivity contribution in [2.24, 2.45) is 0 Å². The second-order valence-corrected chi connectivity index (χ2v) is 9.80. The summed E-state index contributed by atoms with van der Waals surface area (Å²) in [7, 11) is 0. The van der Waals surface area contributed by atoms with Gasteiger partial charge in [0, 0.05) is 47.9 Å². The summed E-state index contributed by atoms with van der Waals surface area (Å²) in [4.78, 5) is 7.91. The van der Waals surface area contributed by atoms with E-state index in [0.717, 1.165) is 12.3 Å². The van der Waals surface area contributed by atoms with E-state index in [4.69, 9.17) is 11.6 Å². The number of tetrazole rings is 1. The van der Waals surface area contributed by atoms with Gasteiger partial charge in [-0.1, -0.05) is 17.7 Å². The standard InChI is InChI=1S/C27H17ClF6N10/c28-18-2-4-21(43-14-37-40-41-43)24(25(18)29)16-1-3-19(36-11-16)22(9-15-5-7-35-23(10-15)27(32,33)34)42-13-17(12-39-42)20-6-8-38-44(20)26(30)31/h1-8,10-14,22,26H,9H2/t22-/m0/s1. The summed E-state index contributed by atoms with van der Waals surface area (Å²) in [6.07, 6.45) is 3.01. The first-order valence-electron chi connectivity index (χ1n) is 12.7. The van der Waals surface area contributed by atoms with Gasteiger partial charge < -0.3 is 0 Å². The van der Waals surface area contributed by atoms with E-state index >= 15 is 4.39 Å². The minimum absolute atomic E-state index is 0.0332. The molecule has 5 aromatic heterocycles. The summed E-state index contributed by atoms with van der Waals surface area (Å²) in [5.74, 6) is -0.741. The second kappa shape index (κ2) is 11.5. The quantitative estimate of drug-likeness (QED) is 0.184. The van der Waals surface area contributed by atoms with E-state index in [0.29, 0.717) is 21.5 Å². The Balaban J connectivity index is 1.42. The summed E-state index contributed by atoms with van der Waals surface area (Å²) in [5, 5.41) is 18.8. The Hall–Kier alpha value is -5.12. The van der Waals surface area contributed by atoms with Gasteiger partial charge in [-0.25, -0.2) is 9.07 Å². The lowest BCUT2D eigenvalue weighted by Gasteiger charge is -2.19. The van der Waals surface area contributed by atoms with E-state index in [1.807, 2.05) is 0 Å². The third-order valence-electron chi connectivity index (χ3n) is 6.70. The zero-order chi connectivity index (χ0) is 31.0. The van der Waals surface area contributed by atoms with Crippen molar-refractivity contribution in [3.8, 4) is 28.1 Å². The van der Waals surface area contributed by atoms with Crippen LogP contribution in [-0.2, 0) is 12.6 Å². The molecule has 1 aromatic carbocycles. The molecule has 0 aliphatic heterocycles. The number of alkyl halides is 5. The van der Waals surface area contributed by atoms with E-state index in [1.54, 1.807) is 12.1 Å². The van der Waals surface area contributed by atoms with Gasteiger partial charge in [0.1, 0.15) is 12.0 Å². The zero-order valence-electron chi connectivity index (χ0n) is 22.0. The van der Waals surface area contributed by atoms with E-state index in [-0.39, 0.29) is 34.0 Å². The van der Waals surface area contributed by atoms with Crippen LogP contribution in [0.3, 0.4) is 0 Å². The maximum atomic E-state index is 15.3. The molecule has 0 spiro atoms. The second-order valence-electron chi connectivity index (χ2n) is 9.40. The minimum Gasteiger partial charge on any atom is -0.263 e. The van der Waals surface area contributed by atoms with Crippen LogP contribution >= 0.6 is 11.6 Å². The van der Waals surface area contributed by atoms with Crippen molar-refractivity contribution in [3.63, 3.8) is 0 Å². The number of hydrogen-bond donors (Lipinski definition) is 0. The van der Waals surface area contributed by atoms with Gasteiger partial charge >= 0.3 is 12.7 Å². The molecule has 0 saturated carbocycles. The molecule has 0 aliphatic rings. The van der Waals surface area contributed by atoms with Gasteiger partial charge in [0.2, 0.25) is 0 Å². The SMILES string of the molecule is Fc1c(Cl)ccc(-n2cnnn2)c1-c1ccc([C@H](Cc2ccnc(C(F)(F)F)c2)n2cc(-c3ccnn3C(F)F)cn2)nc1. The van der Waals surface area contributed by atoms with Gasteiger partial charge in [0.25, 0.3) is 0 Å². The lowest BCUT2D eigenvalue weighted by molar-refractivity contribution is -0.141. The Morgan fingerprint density at radius 1 is 0.909 bits per heavy atom. The normalized spacial score (nSPS) is 12.6. The van der Waals surface area contributed by atoms with Crippen LogP contribution in [-0.4, -0.2) is 49.7 Å². The van der Waals surface area contributed by atoms with Crippen molar-refractivity contribution in [1.29, 1.82) is 0 Å². The molecule has 17 heteroatoms. The lowest BCUT2D eigenvalue weighted by atomic mass is 10.0. The highest BCUT2D eigenvalue weighted by Gasteiger charge is 2.33. The van der Waals surface area contributed by atoms with Crippen molar-refractivity contribution in [2.75, 3.05) is 0 Å². The van der Waals surface area contributed by atoms with Crippen molar-refractivity contribution < 1.29 is 26.3 Å². The number of nitrogens with zero attached hydrogens (tertiary/aromatic N) is 10. The fourth-order valence-corrected chi connectivity index (χ4v) is 4.84.